The number of carbonyl (C=O) groups excluding carboxylic acids is 1. The molecule has 166 valence electrons. The van der Waals surface area contributed by atoms with Gasteiger partial charge in [0.15, 0.2) is 5.78 Å². The predicted molar refractivity (Wildman–Crippen MR) is 125 cm³/mol. The first kappa shape index (κ1) is 21.6. The van der Waals surface area contributed by atoms with Crippen LogP contribution in [0.1, 0.15) is 48.9 Å². The number of rotatable bonds is 8. The summed E-state index contributed by atoms with van der Waals surface area (Å²) in [5.41, 5.74) is 7.17. The van der Waals surface area contributed by atoms with Gasteiger partial charge in [0, 0.05) is 31.1 Å². The number of carbonyl (C=O) groups is 1. The van der Waals surface area contributed by atoms with Crippen LogP contribution in [0.15, 0.2) is 42.6 Å². The number of hydrogen-bond donors (Lipinski definition) is 1. The van der Waals surface area contributed by atoms with E-state index in [4.69, 9.17) is 10.5 Å². The highest BCUT2D eigenvalue weighted by Crippen LogP contribution is 2.26. The molecule has 31 heavy (non-hydrogen) atoms. The van der Waals surface area contributed by atoms with Gasteiger partial charge in [-0.3, -0.25) is 4.79 Å². The molecule has 2 saturated heterocycles. The summed E-state index contributed by atoms with van der Waals surface area (Å²) in [5, 5.41) is 0. The van der Waals surface area contributed by atoms with Crippen LogP contribution in [-0.2, 0) is 0 Å². The second-order valence-electron chi connectivity index (χ2n) is 8.70. The molecule has 0 aliphatic carbocycles. The Morgan fingerprint density at radius 3 is 2.42 bits per heavy atom. The Labute approximate surface area is 185 Å². The lowest BCUT2D eigenvalue weighted by Crippen LogP contribution is -2.36. The number of anilines is 2. The Morgan fingerprint density at radius 1 is 1.00 bits per heavy atom. The molecule has 1 aromatic heterocycles. The van der Waals surface area contributed by atoms with Gasteiger partial charge >= 0.3 is 0 Å². The molecule has 0 saturated carbocycles. The summed E-state index contributed by atoms with van der Waals surface area (Å²) < 4.78 is 5.89. The largest absolute Gasteiger partial charge is 0.494 e. The molecule has 0 atom stereocenters. The van der Waals surface area contributed by atoms with Crippen molar-refractivity contribution in [3.63, 3.8) is 0 Å². The van der Waals surface area contributed by atoms with E-state index >= 15 is 0 Å². The van der Waals surface area contributed by atoms with Crippen LogP contribution in [0.2, 0.25) is 0 Å². The lowest BCUT2D eigenvalue weighted by Gasteiger charge is -2.32. The van der Waals surface area contributed by atoms with E-state index in [1.807, 2.05) is 36.4 Å². The van der Waals surface area contributed by atoms with Gasteiger partial charge in [-0.05, 0) is 81.6 Å². The highest BCUT2D eigenvalue weighted by atomic mass is 16.5. The van der Waals surface area contributed by atoms with Crippen molar-refractivity contribution in [2.75, 3.05) is 50.0 Å². The van der Waals surface area contributed by atoms with Gasteiger partial charge in [-0.15, -0.1) is 0 Å². The summed E-state index contributed by atoms with van der Waals surface area (Å²) in [6.07, 6.45) is 8.45. The van der Waals surface area contributed by atoms with Crippen molar-refractivity contribution in [2.24, 2.45) is 5.92 Å². The predicted octanol–water partition coefficient (Wildman–Crippen LogP) is 4.02. The number of piperidine rings is 2. The summed E-state index contributed by atoms with van der Waals surface area (Å²) in [7, 11) is 0. The molecule has 0 radical (unpaired) electrons. The monoisotopic (exact) mass is 422 g/mol. The molecule has 3 heterocycles. The molecule has 2 N–H and O–H groups in total. The molecule has 2 aliphatic heterocycles. The minimum absolute atomic E-state index is 0.0707. The van der Waals surface area contributed by atoms with Crippen LogP contribution in [0.5, 0.6) is 5.75 Å². The van der Waals surface area contributed by atoms with E-state index in [1.165, 1.54) is 32.4 Å². The van der Waals surface area contributed by atoms with Crippen LogP contribution in [0.25, 0.3) is 0 Å². The first-order valence-corrected chi connectivity index (χ1v) is 11.6. The van der Waals surface area contributed by atoms with Gasteiger partial charge in [-0.1, -0.05) is 6.42 Å². The quantitative estimate of drug-likeness (QED) is 0.512. The molecular weight excluding hydrogens is 388 g/mol. The molecule has 6 nitrogen and oxygen atoms in total. The van der Waals surface area contributed by atoms with Gasteiger partial charge < -0.3 is 20.3 Å². The van der Waals surface area contributed by atoms with Gasteiger partial charge in [0.05, 0.1) is 18.5 Å². The van der Waals surface area contributed by atoms with Gasteiger partial charge in [0.2, 0.25) is 0 Å². The third kappa shape index (κ3) is 5.97. The number of nitrogen functional groups attached to an aromatic ring is 1. The highest BCUT2D eigenvalue weighted by Gasteiger charge is 2.26. The van der Waals surface area contributed by atoms with Crippen molar-refractivity contribution < 1.29 is 9.53 Å². The second kappa shape index (κ2) is 10.6. The molecule has 2 aliphatic rings. The molecule has 1 aromatic carbocycles. The number of benzene rings is 1. The highest BCUT2D eigenvalue weighted by molar-refractivity contribution is 5.98. The van der Waals surface area contributed by atoms with Crippen molar-refractivity contribution in [1.82, 2.24) is 9.88 Å². The molecule has 0 spiro atoms. The van der Waals surface area contributed by atoms with Crippen LogP contribution in [0.3, 0.4) is 0 Å². The number of ether oxygens (including phenoxy) is 1. The maximum atomic E-state index is 12.9. The first-order valence-electron chi connectivity index (χ1n) is 11.6. The average molecular weight is 423 g/mol. The van der Waals surface area contributed by atoms with E-state index in [-0.39, 0.29) is 11.7 Å². The molecule has 0 bridgehead atoms. The van der Waals surface area contributed by atoms with Gasteiger partial charge in [0.25, 0.3) is 0 Å². The number of likely N-dealkylation sites (tertiary alicyclic amines) is 1. The minimum Gasteiger partial charge on any atom is -0.494 e. The lowest BCUT2D eigenvalue weighted by molar-refractivity contribution is 0.0900. The van der Waals surface area contributed by atoms with Crippen molar-refractivity contribution in [3.05, 3.63) is 48.2 Å². The fourth-order valence-electron chi connectivity index (χ4n) is 4.57. The summed E-state index contributed by atoms with van der Waals surface area (Å²) in [5.74, 6) is 2.09. The van der Waals surface area contributed by atoms with Crippen molar-refractivity contribution >= 4 is 17.3 Å². The Balaban J connectivity index is 1.20. The van der Waals surface area contributed by atoms with Crippen molar-refractivity contribution in [3.8, 4) is 5.75 Å². The molecule has 2 fully saturated rings. The Hall–Kier alpha value is -2.60. The van der Waals surface area contributed by atoms with Crippen LogP contribution >= 0.6 is 0 Å². The fraction of sp³-hybridized carbons (Fsp3) is 0.520. The number of aromatic nitrogens is 1. The Morgan fingerprint density at radius 2 is 1.74 bits per heavy atom. The van der Waals surface area contributed by atoms with Crippen LogP contribution < -0.4 is 15.4 Å². The van der Waals surface area contributed by atoms with E-state index < -0.39 is 0 Å². The second-order valence-corrected chi connectivity index (χ2v) is 8.70. The normalized spacial score (nSPS) is 18.1. The number of nitrogens with zero attached hydrogens (tertiary/aromatic N) is 3. The van der Waals surface area contributed by atoms with E-state index in [0.29, 0.717) is 5.69 Å². The number of Topliss-reactive ketones (excluding diaryl/α,β-unsaturated/α-hetero) is 1. The lowest BCUT2D eigenvalue weighted by atomic mass is 9.89. The molecular formula is C25H34N4O2. The first-order chi connectivity index (χ1) is 15.2. The van der Waals surface area contributed by atoms with Gasteiger partial charge in [-0.25, -0.2) is 4.98 Å². The average Bonchev–Trinajstić information content (AvgIpc) is 2.83. The standard InChI is InChI=1S/C25H34N4O2/c26-22-7-10-24(27-19-22)29-16-11-21(12-17-29)25(30)20-5-8-23(9-6-20)31-18-4-15-28-13-2-1-3-14-28/h5-10,19,21H,1-4,11-18,26H2. The summed E-state index contributed by atoms with van der Waals surface area (Å²) in [6.45, 7) is 5.97. The Kier molecular flexibility index (Phi) is 7.41. The number of nitrogens with two attached hydrogens (primary N) is 1. The SMILES string of the molecule is Nc1ccc(N2CCC(C(=O)c3ccc(OCCCN4CCCCC4)cc3)CC2)nc1. The molecule has 2 aromatic rings. The summed E-state index contributed by atoms with van der Waals surface area (Å²) in [4.78, 5) is 22.1. The molecule has 0 unspecified atom stereocenters. The van der Waals surface area contributed by atoms with E-state index in [1.54, 1.807) is 6.20 Å². The summed E-state index contributed by atoms with van der Waals surface area (Å²) >= 11 is 0. The fourth-order valence-corrected chi connectivity index (χ4v) is 4.57. The maximum absolute atomic E-state index is 12.9. The zero-order chi connectivity index (χ0) is 21.5. The number of ketones is 1. The smallest absolute Gasteiger partial charge is 0.166 e. The number of hydrogen-bond acceptors (Lipinski definition) is 6. The van der Waals surface area contributed by atoms with E-state index in [2.05, 4.69) is 14.8 Å². The van der Waals surface area contributed by atoms with E-state index in [0.717, 1.165) is 62.6 Å². The third-order valence-electron chi connectivity index (χ3n) is 6.44. The zero-order valence-electron chi connectivity index (χ0n) is 18.3. The number of pyridine rings is 1. The van der Waals surface area contributed by atoms with Crippen LogP contribution in [0, 0.1) is 5.92 Å². The van der Waals surface area contributed by atoms with Crippen LogP contribution in [-0.4, -0.2) is 55.0 Å². The van der Waals surface area contributed by atoms with Crippen molar-refractivity contribution in [1.29, 1.82) is 0 Å². The topological polar surface area (TPSA) is 71.7 Å². The zero-order valence-corrected chi connectivity index (χ0v) is 18.3. The third-order valence-corrected chi connectivity index (χ3v) is 6.44. The van der Waals surface area contributed by atoms with Gasteiger partial charge in [-0.2, -0.15) is 0 Å². The van der Waals surface area contributed by atoms with Crippen molar-refractivity contribution in [2.45, 2.75) is 38.5 Å². The maximum Gasteiger partial charge on any atom is 0.166 e. The van der Waals surface area contributed by atoms with Gasteiger partial charge in [0.1, 0.15) is 11.6 Å². The minimum atomic E-state index is 0.0707. The molecule has 6 heteroatoms. The molecule has 4 rings (SSSR count). The Bertz CT molecular complexity index is 824. The van der Waals surface area contributed by atoms with E-state index in [9.17, 15) is 4.79 Å². The summed E-state index contributed by atoms with van der Waals surface area (Å²) in [6, 6.07) is 11.5. The molecule has 0 amide bonds. The van der Waals surface area contributed by atoms with Crippen LogP contribution in [0.4, 0.5) is 11.5 Å².